The van der Waals surface area contributed by atoms with E-state index >= 15 is 0 Å². The third kappa shape index (κ3) is 6.57. The highest BCUT2D eigenvalue weighted by atomic mass is 35.5. The second-order valence-electron chi connectivity index (χ2n) is 5.44. The summed E-state index contributed by atoms with van der Waals surface area (Å²) in [6.07, 6.45) is 2.91. The van der Waals surface area contributed by atoms with Gasteiger partial charge in [0.25, 0.3) is 12.0 Å². The fourth-order valence-corrected chi connectivity index (χ4v) is 2.87. The SMILES string of the molecule is CSc1cc(NC(=O)C(C)/C(=C/F)CC/C=C/Cl)cn(CC(F)F)c1=O. The van der Waals surface area contributed by atoms with E-state index in [1.54, 1.807) is 12.3 Å². The van der Waals surface area contributed by atoms with Gasteiger partial charge < -0.3 is 9.88 Å². The van der Waals surface area contributed by atoms with Crippen LogP contribution >= 0.6 is 23.4 Å². The number of allylic oxidation sites excluding steroid dienone is 1. The number of nitrogens with one attached hydrogen (secondary N) is 1. The molecule has 1 heterocycles. The number of carbonyl (C=O) groups is 1. The van der Waals surface area contributed by atoms with Crippen molar-refractivity contribution in [1.29, 1.82) is 0 Å². The molecule has 4 nitrogen and oxygen atoms in total. The van der Waals surface area contributed by atoms with Crippen molar-refractivity contribution in [2.24, 2.45) is 5.92 Å². The van der Waals surface area contributed by atoms with Gasteiger partial charge in [0.2, 0.25) is 5.91 Å². The van der Waals surface area contributed by atoms with Gasteiger partial charge >= 0.3 is 0 Å². The zero-order valence-electron chi connectivity index (χ0n) is 14.3. The van der Waals surface area contributed by atoms with E-state index in [1.165, 1.54) is 18.5 Å². The van der Waals surface area contributed by atoms with Crippen molar-refractivity contribution in [2.45, 2.75) is 37.6 Å². The van der Waals surface area contributed by atoms with Gasteiger partial charge in [0.1, 0.15) is 0 Å². The largest absolute Gasteiger partial charge is 0.324 e. The van der Waals surface area contributed by atoms with Crippen LogP contribution in [0.1, 0.15) is 19.8 Å². The molecule has 0 saturated carbocycles. The van der Waals surface area contributed by atoms with Crippen LogP contribution < -0.4 is 10.9 Å². The van der Waals surface area contributed by atoms with Crippen LogP contribution in [0.25, 0.3) is 0 Å². The van der Waals surface area contributed by atoms with E-state index in [1.807, 2.05) is 0 Å². The number of pyridine rings is 1. The first-order valence-corrected chi connectivity index (χ1v) is 9.42. The van der Waals surface area contributed by atoms with Crippen LogP contribution in [0.15, 0.2) is 45.5 Å². The third-order valence-electron chi connectivity index (χ3n) is 3.65. The Kier molecular flexibility index (Phi) is 9.58. The number of aromatic nitrogens is 1. The van der Waals surface area contributed by atoms with Crippen molar-refractivity contribution in [1.82, 2.24) is 4.57 Å². The number of anilines is 1. The first-order chi connectivity index (χ1) is 12.3. The molecular formula is C17H20ClF3N2O2S. The molecule has 0 bridgehead atoms. The molecule has 1 N–H and O–H groups in total. The quantitative estimate of drug-likeness (QED) is 0.597. The summed E-state index contributed by atoms with van der Waals surface area (Å²) in [5.41, 5.74) is 1.24. The fourth-order valence-electron chi connectivity index (χ4n) is 2.20. The van der Waals surface area contributed by atoms with E-state index in [0.717, 1.165) is 22.5 Å². The summed E-state index contributed by atoms with van der Waals surface area (Å²) in [6, 6.07) is 1.41. The second kappa shape index (κ2) is 11.1. The lowest BCUT2D eigenvalue weighted by Gasteiger charge is -2.16. The van der Waals surface area contributed by atoms with E-state index in [4.69, 9.17) is 11.6 Å². The molecule has 1 unspecified atom stereocenters. The normalized spacial score (nSPS) is 13.4. The second-order valence-corrected chi connectivity index (χ2v) is 6.54. The van der Waals surface area contributed by atoms with E-state index in [-0.39, 0.29) is 16.2 Å². The summed E-state index contributed by atoms with van der Waals surface area (Å²) in [4.78, 5) is 24.6. The molecule has 0 spiro atoms. The lowest BCUT2D eigenvalue weighted by Crippen LogP contribution is -2.27. The molecule has 0 aromatic carbocycles. The number of thioether (sulfide) groups is 1. The van der Waals surface area contributed by atoms with Crippen molar-refractivity contribution in [2.75, 3.05) is 11.6 Å². The zero-order valence-corrected chi connectivity index (χ0v) is 15.9. The minimum Gasteiger partial charge on any atom is -0.324 e. The van der Waals surface area contributed by atoms with Crippen molar-refractivity contribution < 1.29 is 18.0 Å². The monoisotopic (exact) mass is 408 g/mol. The number of rotatable bonds is 9. The van der Waals surface area contributed by atoms with E-state index < -0.39 is 30.4 Å². The molecular weight excluding hydrogens is 389 g/mol. The highest BCUT2D eigenvalue weighted by Gasteiger charge is 2.19. The summed E-state index contributed by atoms with van der Waals surface area (Å²) < 4.78 is 39.2. The average molecular weight is 409 g/mol. The first kappa shape index (κ1) is 22.4. The number of halogens is 4. The van der Waals surface area contributed by atoms with Crippen molar-refractivity contribution in [3.63, 3.8) is 0 Å². The summed E-state index contributed by atoms with van der Waals surface area (Å²) in [7, 11) is 0. The molecule has 0 aliphatic rings. The van der Waals surface area contributed by atoms with E-state index in [2.05, 4.69) is 5.32 Å². The number of nitrogens with zero attached hydrogens (tertiary/aromatic N) is 1. The van der Waals surface area contributed by atoms with Gasteiger partial charge in [0, 0.05) is 11.7 Å². The Balaban J connectivity index is 2.99. The minimum absolute atomic E-state index is 0.199. The van der Waals surface area contributed by atoms with E-state index in [0.29, 0.717) is 19.2 Å². The number of amides is 1. The summed E-state index contributed by atoms with van der Waals surface area (Å²) in [6.45, 7) is 0.766. The molecule has 1 rings (SSSR count). The van der Waals surface area contributed by atoms with Crippen LogP contribution in [0.4, 0.5) is 18.9 Å². The van der Waals surface area contributed by atoms with E-state index in [9.17, 15) is 22.8 Å². The highest BCUT2D eigenvalue weighted by molar-refractivity contribution is 7.98. The molecule has 0 radical (unpaired) electrons. The fraction of sp³-hybridized carbons (Fsp3) is 0.412. The van der Waals surface area contributed by atoms with Gasteiger partial charge in [-0.1, -0.05) is 17.7 Å². The number of hydrogen-bond acceptors (Lipinski definition) is 3. The van der Waals surface area contributed by atoms with Crippen molar-refractivity contribution in [3.8, 4) is 0 Å². The summed E-state index contributed by atoms with van der Waals surface area (Å²) >= 11 is 6.50. The van der Waals surface area contributed by atoms with Gasteiger partial charge in [0.15, 0.2) is 0 Å². The van der Waals surface area contributed by atoms with Gasteiger partial charge in [-0.2, -0.15) is 0 Å². The van der Waals surface area contributed by atoms with Gasteiger partial charge in [0.05, 0.1) is 29.4 Å². The Morgan fingerprint density at radius 3 is 2.69 bits per heavy atom. The number of hydrogen-bond donors (Lipinski definition) is 1. The predicted molar refractivity (Wildman–Crippen MR) is 99.7 cm³/mol. The molecule has 1 amide bonds. The van der Waals surface area contributed by atoms with Crippen LogP contribution in [0.5, 0.6) is 0 Å². The number of carbonyl (C=O) groups excluding carboxylic acids is 1. The molecule has 0 aliphatic heterocycles. The summed E-state index contributed by atoms with van der Waals surface area (Å²) in [5, 5.41) is 2.55. The molecule has 0 fully saturated rings. The highest BCUT2D eigenvalue weighted by Crippen LogP contribution is 2.21. The maximum atomic E-state index is 13.1. The lowest BCUT2D eigenvalue weighted by molar-refractivity contribution is -0.118. The zero-order chi connectivity index (χ0) is 19.7. The van der Waals surface area contributed by atoms with Gasteiger partial charge in [-0.05, 0) is 37.7 Å². The molecule has 1 aromatic heterocycles. The minimum atomic E-state index is -2.71. The van der Waals surface area contributed by atoms with Crippen LogP contribution in [0.3, 0.4) is 0 Å². The van der Waals surface area contributed by atoms with Crippen molar-refractivity contribution >= 4 is 35.0 Å². The Labute approximate surface area is 159 Å². The lowest BCUT2D eigenvalue weighted by atomic mass is 9.97. The maximum absolute atomic E-state index is 13.1. The molecule has 144 valence electrons. The van der Waals surface area contributed by atoms with Crippen molar-refractivity contribution in [3.05, 3.63) is 46.1 Å². The van der Waals surface area contributed by atoms with Crippen LogP contribution in [-0.4, -0.2) is 23.2 Å². The average Bonchev–Trinajstić information content (AvgIpc) is 2.60. The Morgan fingerprint density at radius 2 is 2.15 bits per heavy atom. The van der Waals surface area contributed by atoms with Crippen LogP contribution in [0, 0.1) is 5.92 Å². The standard InChI is InChI=1S/C17H20ClF3N2O2S/c1-11(12(8-19)5-3-4-6-18)16(24)22-13-7-14(26-2)17(25)23(9-13)10-15(20)21/h4,6-9,11,15H,3,5,10H2,1-2H3,(H,22,24)/b6-4+,12-8+. The Morgan fingerprint density at radius 1 is 1.46 bits per heavy atom. The van der Waals surface area contributed by atoms with Crippen LogP contribution in [-0.2, 0) is 11.3 Å². The Hall–Kier alpha value is -1.67. The topological polar surface area (TPSA) is 51.1 Å². The smallest absolute Gasteiger partial charge is 0.264 e. The van der Waals surface area contributed by atoms with Gasteiger partial charge in [-0.3, -0.25) is 9.59 Å². The number of alkyl halides is 2. The molecule has 0 saturated heterocycles. The molecule has 26 heavy (non-hydrogen) atoms. The van der Waals surface area contributed by atoms with Gasteiger partial charge in [-0.15, -0.1) is 11.8 Å². The predicted octanol–water partition coefficient (Wildman–Crippen LogP) is 4.80. The third-order valence-corrected chi connectivity index (χ3v) is 4.56. The Bertz CT molecular complexity index is 735. The first-order valence-electron chi connectivity index (χ1n) is 7.75. The summed E-state index contributed by atoms with van der Waals surface area (Å²) in [5.74, 6) is -1.27. The van der Waals surface area contributed by atoms with Gasteiger partial charge in [-0.25, -0.2) is 13.2 Å². The molecule has 9 heteroatoms. The molecule has 1 atom stereocenters. The molecule has 0 aliphatic carbocycles. The van der Waals surface area contributed by atoms with Crippen LogP contribution in [0.2, 0.25) is 0 Å². The maximum Gasteiger partial charge on any atom is 0.264 e. The molecule has 1 aromatic rings.